The number of hydrogen-bond donors (Lipinski definition) is 2. The first-order valence-corrected chi connectivity index (χ1v) is 7.04. The van der Waals surface area contributed by atoms with E-state index in [2.05, 4.69) is 22.0 Å². The summed E-state index contributed by atoms with van der Waals surface area (Å²) < 4.78 is 0. The van der Waals surface area contributed by atoms with E-state index in [0.717, 1.165) is 11.4 Å². The fourth-order valence-corrected chi connectivity index (χ4v) is 2.36. The number of hydrogen-bond acceptors (Lipinski definition) is 4. The molecule has 2 aromatic carbocycles. The molecule has 0 unspecified atom stereocenters. The summed E-state index contributed by atoms with van der Waals surface area (Å²) in [5.74, 6) is 0.242. The number of aromatic nitrogens is 1. The van der Waals surface area contributed by atoms with E-state index in [1.807, 2.05) is 36.4 Å². The molecule has 110 valence electrons. The van der Waals surface area contributed by atoms with Gasteiger partial charge in [-0.1, -0.05) is 30.3 Å². The van der Waals surface area contributed by atoms with Crippen molar-refractivity contribution in [3.63, 3.8) is 0 Å². The van der Waals surface area contributed by atoms with Gasteiger partial charge >= 0.3 is 0 Å². The summed E-state index contributed by atoms with van der Waals surface area (Å²) in [7, 11) is 0. The molecule has 0 aliphatic rings. The minimum Gasteiger partial charge on any atom is -0.508 e. The van der Waals surface area contributed by atoms with Gasteiger partial charge in [0.05, 0.1) is 17.6 Å². The van der Waals surface area contributed by atoms with Gasteiger partial charge in [0, 0.05) is 18.4 Å². The van der Waals surface area contributed by atoms with Crippen molar-refractivity contribution < 1.29 is 5.11 Å². The highest BCUT2D eigenvalue weighted by molar-refractivity contribution is 5.74. The Morgan fingerprint density at radius 2 is 1.68 bits per heavy atom. The van der Waals surface area contributed by atoms with E-state index in [0.29, 0.717) is 12.2 Å². The van der Waals surface area contributed by atoms with E-state index in [-0.39, 0.29) is 5.75 Å². The van der Waals surface area contributed by atoms with Crippen LogP contribution >= 0.6 is 0 Å². The Balaban J connectivity index is 2.02. The Hall–Kier alpha value is -3.01. The predicted octanol–water partition coefficient (Wildman–Crippen LogP) is 3.71. The molecule has 0 bridgehead atoms. The van der Waals surface area contributed by atoms with Crippen LogP contribution in [0.4, 0.5) is 17.1 Å². The van der Waals surface area contributed by atoms with Gasteiger partial charge in [-0.3, -0.25) is 4.98 Å². The van der Waals surface area contributed by atoms with Crippen LogP contribution in [0.25, 0.3) is 0 Å². The molecule has 3 rings (SSSR count). The Morgan fingerprint density at radius 3 is 2.36 bits per heavy atom. The second kappa shape index (κ2) is 6.18. The number of nitrogens with zero attached hydrogens (tertiary/aromatic N) is 2. The standard InChI is InChI=1S/C18H17N3O/c19-17-12-20-11-10-18(17)21(13-14-4-2-1-3-5-14)15-6-8-16(22)9-7-15/h1-12,22H,13,19H2. The third-order valence-electron chi connectivity index (χ3n) is 3.46. The van der Waals surface area contributed by atoms with Crippen LogP contribution in [0, 0.1) is 0 Å². The normalized spacial score (nSPS) is 10.4. The second-order valence-electron chi connectivity index (χ2n) is 5.02. The molecule has 0 radical (unpaired) electrons. The van der Waals surface area contributed by atoms with Crippen LogP contribution in [-0.2, 0) is 6.54 Å². The smallest absolute Gasteiger partial charge is 0.115 e. The maximum atomic E-state index is 9.50. The molecule has 1 heterocycles. The van der Waals surface area contributed by atoms with Gasteiger partial charge in [0.1, 0.15) is 5.75 Å². The molecule has 0 saturated carbocycles. The zero-order valence-corrected chi connectivity index (χ0v) is 12.1. The minimum atomic E-state index is 0.242. The SMILES string of the molecule is Nc1cnccc1N(Cc1ccccc1)c1ccc(O)cc1. The molecule has 22 heavy (non-hydrogen) atoms. The van der Waals surface area contributed by atoms with Crippen molar-refractivity contribution in [1.82, 2.24) is 4.98 Å². The lowest BCUT2D eigenvalue weighted by molar-refractivity contribution is 0.475. The first-order valence-electron chi connectivity index (χ1n) is 7.04. The molecule has 4 heteroatoms. The second-order valence-corrected chi connectivity index (χ2v) is 5.02. The van der Waals surface area contributed by atoms with Crippen molar-refractivity contribution in [2.75, 3.05) is 10.6 Å². The molecule has 0 aliphatic heterocycles. The average Bonchev–Trinajstić information content (AvgIpc) is 2.55. The van der Waals surface area contributed by atoms with Gasteiger partial charge in [0.25, 0.3) is 0 Å². The summed E-state index contributed by atoms with van der Waals surface area (Å²) in [5.41, 5.74) is 9.73. The molecule has 0 aliphatic carbocycles. The molecule has 0 fully saturated rings. The first-order chi connectivity index (χ1) is 10.7. The van der Waals surface area contributed by atoms with Crippen LogP contribution in [-0.4, -0.2) is 10.1 Å². The number of benzene rings is 2. The highest BCUT2D eigenvalue weighted by atomic mass is 16.3. The summed E-state index contributed by atoms with van der Waals surface area (Å²) in [4.78, 5) is 6.15. The number of phenols is 1. The number of nitrogen functional groups attached to an aromatic ring is 1. The summed E-state index contributed by atoms with van der Waals surface area (Å²) in [6.07, 6.45) is 3.37. The van der Waals surface area contributed by atoms with Crippen molar-refractivity contribution in [2.24, 2.45) is 0 Å². The fourth-order valence-electron chi connectivity index (χ4n) is 2.36. The van der Waals surface area contributed by atoms with E-state index in [1.165, 1.54) is 5.56 Å². The van der Waals surface area contributed by atoms with E-state index < -0.39 is 0 Å². The number of aromatic hydroxyl groups is 1. The summed E-state index contributed by atoms with van der Waals surface area (Å²) in [6.45, 7) is 0.680. The highest BCUT2D eigenvalue weighted by Crippen LogP contribution is 2.32. The molecule has 0 amide bonds. The zero-order valence-electron chi connectivity index (χ0n) is 12.1. The lowest BCUT2D eigenvalue weighted by atomic mass is 10.1. The van der Waals surface area contributed by atoms with E-state index in [1.54, 1.807) is 24.5 Å². The third-order valence-corrected chi connectivity index (χ3v) is 3.46. The van der Waals surface area contributed by atoms with Crippen LogP contribution in [0.2, 0.25) is 0 Å². The van der Waals surface area contributed by atoms with Gasteiger partial charge in [0.2, 0.25) is 0 Å². The summed E-state index contributed by atoms with van der Waals surface area (Å²) in [6, 6.07) is 19.2. The third kappa shape index (κ3) is 3.01. The Kier molecular flexibility index (Phi) is 3.92. The maximum Gasteiger partial charge on any atom is 0.115 e. The molecule has 3 aromatic rings. The molecule has 0 atom stereocenters. The molecular formula is C18H17N3O. The van der Waals surface area contributed by atoms with Crippen molar-refractivity contribution >= 4 is 17.1 Å². The van der Waals surface area contributed by atoms with Gasteiger partial charge in [-0.15, -0.1) is 0 Å². The van der Waals surface area contributed by atoms with E-state index in [9.17, 15) is 5.11 Å². The largest absolute Gasteiger partial charge is 0.508 e. The number of pyridine rings is 1. The first kappa shape index (κ1) is 13.9. The van der Waals surface area contributed by atoms with Crippen LogP contribution in [0.15, 0.2) is 73.1 Å². The zero-order chi connectivity index (χ0) is 15.4. The maximum absolute atomic E-state index is 9.50. The van der Waals surface area contributed by atoms with Crippen LogP contribution in [0.3, 0.4) is 0 Å². The quantitative estimate of drug-likeness (QED) is 0.769. The van der Waals surface area contributed by atoms with Crippen LogP contribution < -0.4 is 10.6 Å². The van der Waals surface area contributed by atoms with Gasteiger partial charge in [-0.25, -0.2) is 0 Å². The number of rotatable bonds is 4. The molecule has 0 spiro atoms. The van der Waals surface area contributed by atoms with Crippen LogP contribution in [0.5, 0.6) is 5.75 Å². The van der Waals surface area contributed by atoms with Gasteiger partial charge in [-0.2, -0.15) is 0 Å². The lowest BCUT2D eigenvalue weighted by Crippen LogP contribution is -2.17. The predicted molar refractivity (Wildman–Crippen MR) is 89.0 cm³/mol. The number of nitrogens with two attached hydrogens (primary N) is 1. The molecular weight excluding hydrogens is 274 g/mol. The van der Waals surface area contributed by atoms with Crippen molar-refractivity contribution in [3.05, 3.63) is 78.6 Å². The van der Waals surface area contributed by atoms with Gasteiger partial charge < -0.3 is 15.7 Å². The van der Waals surface area contributed by atoms with Gasteiger partial charge in [0.15, 0.2) is 0 Å². The molecule has 1 aromatic heterocycles. The fraction of sp³-hybridized carbons (Fsp3) is 0.0556. The van der Waals surface area contributed by atoms with Gasteiger partial charge in [-0.05, 0) is 35.9 Å². The van der Waals surface area contributed by atoms with Crippen molar-refractivity contribution in [3.8, 4) is 5.75 Å². The van der Waals surface area contributed by atoms with E-state index in [4.69, 9.17) is 5.73 Å². The Morgan fingerprint density at radius 1 is 0.955 bits per heavy atom. The topological polar surface area (TPSA) is 62.4 Å². The average molecular weight is 291 g/mol. The van der Waals surface area contributed by atoms with E-state index >= 15 is 0 Å². The van der Waals surface area contributed by atoms with Crippen molar-refractivity contribution in [2.45, 2.75) is 6.54 Å². The summed E-state index contributed by atoms with van der Waals surface area (Å²) >= 11 is 0. The minimum absolute atomic E-state index is 0.242. The number of anilines is 3. The Bertz CT molecular complexity index is 742. The monoisotopic (exact) mass is 291 g/mol. The lowest BCUT2D eigenvalue weighted by Gasteiger charge is -2.26. The summed E-state index contributed by atoms with van der Waals surface area (Å²) in [5, 5.41) is 9.50. The Labute approximate surface area is 129 Å². The molecule has 4 nitrogen and oxygen atoms in total. The number of phenolic OH excluding ortho intramolecular Hbond substituents is 1. The molecule has 0 saturated heterocycles. The molecule has 3 N–H and O–H groups in total. The van der Waals surface area contributed by atoms with Crippen LogP contribution in [0.1, 0.15) is 5.56 Å². The van der Waals surface area contributed by atoms with Crippen molar-refractivity contribution in [1.29, 1.82) is 0 Å². The highest BCUT2D eigenvalue weighted by Gasteiger charge is 2.13.